The van der Waals surface area contributed by atoms with Gasteiger partial charge in [0.05, 0.1) is 30.5 Å². The van der Waals surface area contributed by atoms with Crippen molar-refractivity contribution >= 4 is 46.2 Å². The van der Waals surface area contributed by atoms with E-state index in [9.17, 15) is 0 Å². The van der Waals surface area contributed by atoms with E-state index in [1.165, 1.54) is 44.3 Å². The third-order valence-corrected chi connectivity index (χ3v) is 15.0. The SMILES string of the molecule is CC(C)c1cc(-c2ccccc2)cc(C(C)C)c1-n1c(-c2[c-]ccc3c2oc2cc(-c4ccccc4)ccc23)nc2ccccc21.[2H]C(CC)(CC)c1cc(-c2[c-]cccc2)ncc1[Si](C)(C)C.[Ir]. The van der Waals surface area contributed by atoms with E-state index in [0.717, 1.165) is 74.0 Å². The van der Waals surface area contributed by atoms with Gasteiger partial charge in [0.15, 0.2) is 0 Å². The summed E-state index contributed by atoms with van der Waals surface area (Å²) in [6, 6.07) is 61.8. The van der Waals surface area contributed by atoms with Gasteiger partial charge in [-0.1, -0.05) is 169 Å². The van der Waals surface area contributed by atoms with Crippen molar-refractivity contribution in [3.63, 3.8) is 0 Å². The average molecular weight is 1090 g/mol. The molecular formula is C62H61IrN3OSi-2. The molecule has 0 saturated carbocycles. The minimum atomic E-state index is -1.54. The van der Waals surface area contributed by atoms with Crippen molar-refractivity contribution in [2.45, 2.75) is 91.8 Å². The monoisotopic (exact) mass is 1090 g/mol. The fourth-order valence-corrected chi connectivity index (χ4v) is 10.9. The molecule has 345 valence electrons. The van der Waals surface area contributed by atoms with Crippen LogP contribution in [-0.2, 0) is 20.1 Å². The van der Waals surface area contributed by atoms with E-state index in [1.54, 1.807) is 0 Å². The van der Waals surface area contributed by atoms with Gasteiger partial charge in [-0.3, -0.25) is 4.98 Å². The van der Waals surface area contributed by atoms with Crippen molar-refractivity contribution in [2.24, 2.45) is 0 Å². The molecule has 6 heteroatoms. The van der Waals surface area contributed by atoms with Crippen molar-refractivity contribution < 1.29 is 25.9 Å². The molecule has 4 nitrogen and oxygen atoms in total. The van der Waals surface area contributed by atoms with E-state index in [1.807, 2.05) is 42.6 Å². The van der Waals surface area contributed by atoms with E-state index >= 15 is 0 Å². The Balaban J connectivity index is 0.000000236. The molecule has 0 bridgehead atoms. The van der Waals surface area contributed by atoms with Crippen molar-refractivity contribution in [3.05, 3.63) is 193 Å². The number of imidazole rings is 1. The second-order valence-electron chi connectivity index (χ2n) is 19.2. The number of nitrogens with zero attached hydrogens (tertiary/aromatic N) is 3. The molecule has 3 heterocycles. The van der Waals surface area contributed by atoms with E-state index in [-0.39, 0.29) is 31.9 Å². The van der Waals surface area contributed by atoms with Crippen LogP contribution >= 0.6 is 0 Å². The first-order valence-corrected chi connectivity index (χ1v) is 27.4. The summed E-state index contributed by atoms with van der Waals surface area (Å²) in [7, 11) is -1.54. The Kier molecular flexibility index (Phi) is 14.2. The number of para-hydroxylation sites is 2. The van der Waals surface area contributed by atoms with Crippen LogP contribution in [0.25, 0.3) is 83.6 Å². The quantitative estimate of drug-likeness (QED) is 0.0958. The molecule has 3 aromatic heterocycles. The number of rotatable bonds is 11. The molecule has 68 heavy (non-hydrogen) atoms. The minimum absolute atomic E-state index is 0. The van der Waals surface area contributed by atoms with Gasteiger partial charge in [0.1, 0.15) is 5.58 Å². The number of fused-ring (bicyclic) bond motifs is 4. The van der Waals surface area contributed by atoms with Crippen molar-refractivity contribution in [2.75, 3.05) is 0 Å². The summed E-state index contributed by atoms with van der Waals surface area (Å²) in [6.45, 7) is 20.3. The maximum absolute atomic E-state index is 8.92. The summed E-state index contributed by atoms with van der Waals surface area (Å²) in [6.07, 6.45) is 3.66. The second-order valence-corrected chi connectivity index (χ2v) is 24.2. The summed E-state index contributed by atoms with van der Waals surface area (Å²) in [5.74, 6) is 0.882. The van der Waals surface area contributed by atoms with Gasteiger partial charge in [-0.25, -0.2) is 0 Å². The number of aromatic nitrogens is 3. The standard InChI is InChI=1S/C43H35N2O.C19H26NSi.Ir/c1-27(2)36-24-32(30-16-9-6-10-17-30)25-37(28(3)4)41(36)45-39-21-12-11-20-38(39)44-43(45)35-19-13-18-34-33-23-22-31(26-40(33)46-42(34)35)29-14-7-5-8-15-29;1-6-15(7-2)17-13-18(16-11-9-8-10-12-16)20-14-19(17)21(3,4)5;/h5-18,20-28H,1-4H3;8-11,13-15H,6-7H2,1-5H3;/q2*-1;/i;15D;. The van der Waals surface area contributed by atoms with Crippen molar-refractivity contribution in [1.82, 2.24) is 14.5 Å². The molecule has 0 aliphatic carbocycles. The fourth-order valence-electron chi connectivity index (χ4n) is 9.43. The molecule has 1 radical (unpaired) electrons. The van der Waals surface area contributed by atoms with Gasteiger partial charge in [-0.05, 0) is 105 Å². The number of furan rings is 1. The Morgan fingerprint density at radius 2 is 1.26 bits per heavy atom. The number of hydrogen-bond acceptors (Lipinski definition) is 3. The zero-order chi connectivity index (χ0) is 47.7. The Bertz CT molecular complexity index is 3340. The van der Waals surface area contributed by atoms with Crippen LogP contribution in [0.2, 0.25) is 19.6 Å². The maximum Gasteiger partial charge on any atom is 0.121 e. The van der Waals surface area contributed by atoms with E-state index in [4.69, 9.17) is 10.8 Å². The van der Waals surface area contributed by atoms with E-state index < -0.39 is 14.0 Å². The molecule has 0 aliphatic rings. The summed E-state index contributed by atoms with van der Waals surface area (Å²) in [5, 5.41) is 3.46. The van der Waals surface area contributed by atoms with Gasteiger partial charge >= 0.3 is 0 Å². The fraction of sp³-hybridized carbons (Fsp3) is 0.226. The van der Waals surface area contributed by atoms with Crippen LogP contribution in [0.15, 0.2) is 168 Å². The largest absolute Gasteiger partial charge is 0.501 e. The zero-order valence-corrected chi connectivity index (χ0v) is 44.1. The third-order valence-electron chi connectivity index (χ3n) is 13.0. The molecule has 0 amide bonds. The molecule has 0 unspecified atom stereocenters. The molecule has 10 rings (SSSR count). The van der Waals surface area contributed by atoms with Crippen LogP contribution in [-0.4, -0.2) is 22.6 Å². The molecule has 7 aromatic carbocycles. The summed E-state index contributed by atoms with van der Waals surface area (Å²) in [5.41, 5.74) is 16.2. The normalized spacial score (nSPS) is 12.1. The van der Waals surface area contributed by atoms with Gasteiger partial charge in [0.25, 0.3) is 0 Å². The van der Waals surface area contributed by atoms with Gasteiger partial charge in [0, 0.05) is 38.7 Å². The van der Waals surface area contributed by atoms with Gasteiger partial charge in [-0.2, -0.15) is 0 Å². The molecular weight excluding hydrogens is 1020 g/mol. The van der Waals surface area contributed by atoms with Gasteiger partial charge in [-0.15, -0.1) is 54.1 Å². The zero-order valence-electron chi connectivity index (χ0n) is 41.7. The summed E-state index contributed by atoms with van der Waals surface area (Å²) >= 11 is 0. The molecule has 0 atom stereocenters. The first-order valence-electron chi connectivity index (χ1n) is 24.4. The van der Waals surface area contributed by atoms with Crippen LogP contribution in [0.4, 0.5) is 0 Å². The minimum Gasteiger partial charge on any atom is -0.501 e. The summed E-state index contributed by atoms with van der Waals surface area (Å²) < 4.78 is 18.0. The van der Waals surface area contributed by atoms with Crippen LogP contribution in [0.3, 0.4) is 0 Å². The molecule has 10 aromatic rings. The maximum atomic E-state index is 8.92. The van der Waals surface area contributed by atoms with Crippen LogP contribution in [0.5, 0.6) is 0 Å². The number of benzene rings is 7. The molecule has 0 N–H and O–H groups in total. The predicted octanol–water partition coefficient (Wildman–Crippen LogP) is 17.0. The first-order chi connectivity index (χ1) is 32.8. The Hall–Kier alpha value is -6.17. The van der Waals surface area contributed by atoms with E-state index in [0.29, 0.717) is 0 Å². The number of pyridine rings is 1. The Morgan fingerprint density at radius 3 is 1.88 bits per heavy atom. The van der Waals surface area contributed by atoms with E-state index in [2.05, 4.69) is 204 Å². The molecule has 0 saturated heterocycles. The van der Waals surface area contributed by atoms with Crippen LogP contribution in [0, 0.1) is 12.1 Å². The second kappa shape index (κ2) is 20.6. The van der Waals surface area contributed by atoms with Crippen LogP contribution in [0.1, 0.15) is 90.2 Å². The first kappa shape index (κ1) is 46.9. The van der Waals surface area contributed by atoms with Crippen LogP contribution < -0.4 is 5.19 Å². The Morgan fingerprint density at radius 1 is 0.632 bits per heavy atom. The summed E-state index contributed by atoms with van der Waals surface area (Å²) in [4.78, 5) is 9.98. The molecule has 0 spiro atoms. The van der Waals surface area contributed by atoms with Crippen molar-refractivity contribution in [3.8, 4) is 50.6 Å². The predicted molar refractivity (Wildman–Crippen MR) is 286 cm³/mol. The molecule has 0 aliphatic heterocycles. The topological polar surface area (TPSA) is 43.9 Å². The molecule has 0 fully saturated rings. The Labute approximate surface area is 419 Å². The van der Waals surface area contributed by atoms with Crippen molar-refractivity contribution in [1.29, 1.82) is 0 Å². The van der Waals surface area contributed by atoms with Gasteiger partial charge < -0.3 is 14.0 Å². The third kappa shape index (κ3) is 9.60. The average Bonchev–Trinajstić information content (AvgIpc) is 3.94. The van der Waals surface area contributed by atoms with Gasteiger partial charge in [0.2, 0.25) is 0 Å². The number of hydrogen-bond donors (Lipinski definition) is 0. The smallest absolute Gasteiger partial charge is 0.121 e.